The molecule has 0 saturated carbocycles. The van der Waals surface area contributed by atoms with Gasteiger partial charge in [-0.1, -0.05) is 32.8 Å². The summed E-state index contributed by atoms with van der Waals surface area (Å²) in [6.45, 7) is 4.24. The molecule has 1 aromatic rings. The average molecular weight is 306 g/mol. The lowest BCUT2D eigenvalue weighted by molar-refractivity contribution is 0.0554. The Morgan fingerprint density at radius 3 is 2.05 bits per heavy atom. The topological polar surface area (TPSA) is 52.6 Å². The lowest BCUT2D eigenvalue weighted by Gasteiger charge is -2.16. The third kappa shape index (κ3) is 4.33. The van der Waals surface area contributed by atoms with Gasteiger partial charge in [0, 0.05) is 0 Å². The first kappa shape index (κ1) is 18.2. The van der Waals surface area contributed by atoms with Gasteiger partial charge in [0.25, 0.3) is 0 Å². The first-order valence-corrected chi connectivity index (χ1v) is 7.91. The molecule has 0 unspecified atom stereocenters. The summed E-state index contributed by atoms with van der Waals surface area (Å²) >= 11 is 0. The predicted octanol–water partition coefficient (Wildman–Crippen LogP) is 3.95. The number of benzene rings is 1. The first-order chi connectivity index (χ1) is 10.6. The quantitative estimate of drug-likeness (QED) is 0.682. The Morgan fingerprint density at radius 2 is 1.50 bits per heavy atom. The van der Waals surface area contributed by atoms with Crippen LogP contribution in [0, 0.1) is 0 Å². The van der Waals surface area contributed by atoms with Crippen LogP contribution in [0.2, 0.25) is 0 Å². The second-order valence-electron chi connectivity index (χ2n) is 5.32. The van der Waals surface area contributed by atoms with Crippen molar-refractivity contribution in [1.82, 2.24) is 0 Å². The molecule has 1 aromatic carbocycles. The van der Waals surface area contributed by atoms with E-state index in [4.69, 9.17) is 9.47 Å². The number of hydrogen-bond donors (Lipinski definition) is 0. The van der Waals surface area contributed by atoms with Gasteiger partial charge in [-0.3, -0.25) is 0 Å². The Labute approximate surface area is 132 Å². The van der Waals surface area contributed by atoms with Crippen LogP contribution >= 0.6 is 0 Å². The van der Waals surface area contributed by atoms with E-state index in [1.54, 1.807) is 6.07 Å². The van der Waals surface area contributed by atoms with Gasteiger partial charge < -0.3 is 9.47 Å². The van der Waals surface area contributed by atoms with Crippen molar-refractivity contribution >= 4 is 11.9 Å². The molecule has 0 aliphatic carbocycles. The SMILES string of the molecule is CCCCc1ccc(C(=O)OC)c(C(=O)OC)c1CCCC. The van der Waals surface area contributed by atoms with Crippen LogP contribution in [0.4, 0.5) is 0 Å². The monoisotopic (exact) mass is 306 g/mol. The highest BCUT2D eigenvalue weighted by Gasteiger charge is 2.24. The van der Waals surface area contributed by atoms with Crippen LogP contribution < -0.4 is 0 Å². The Hall–Kier alpha value is -1.84. The Morgan fingerprint density at radius 1 is 0.909 bits per heavy atom. The van der Waals surface area contributed by atoms with Crippen LogP contribution in [0.3, 0.4) is 0 Å². The summed E-state index contributed by atoms with van der Waals surface area (Å²) in [7, 11) is 2.66. The van der Waals surface area contributed by atoms with Gasteiger partial charge in [-0.25, -0.2) is 9.59 Å². The fourth-order valence-corrected chi connectivity index (χ4v) is 2.55. The fraction of sp³-hybridized carbons (Fsp3) is 0.556. The maximum atomic E-state index is 12.2. The molecule has 122 valence electrons. The molecule has 0 fully saturated rings. The van der Waals surface area contributed by atoms with Crippen molar-refractivity contribution in [3.05, 3.63) is 34.4 Å². The zero-order chi connectivity index (χ0) is 16.5. The molecule has 0 bridgehead atoms. The Balaban J connectivity index is 3.43. The summed E-state index contributed by atoms with van der Waals surface area (Å²) in [6.07, 6.45) is 5.80. The Bertz CT molecular complexity index is 520. The number of esters is 2. The lowest BCUT2D eigenvalue weighted by atomic mass is 9.90. The Kier molecular flexibility index (Phi) is 7.64. The van der Waals surface area contributed by atoms with Gasteiger partial charge in [0.1, 0.15) is 0 Å². The number of methoxy groups -OCH3 is 2. The van der Waals surface area contributed by atoms with Crippen LogP contribution in [-0.4, -0.2) is 26.2 Å². The second kappa shape index (κ2) is 9.23. The molecule has 0 aliphatic rings. The minimum atomic E-state index is -0.500. The van der Waals surface area contributed by atoms with E-state index in [-0.39, 0.29) is 0 Å². The molecule has 22 heavy (non-hydrogen) atoms. The summed E-state index contributed by atoms with van der Waals surface area (Å²) in [5.74, 6) is -0.968. The van der Waals surface area contributed by atoms with Crippen molar-refractivity contribution in [2.45, 2.75) is 52.4 Å². The van der Waals surface area contributed by atoms with E-state index >= 15 is 0 Å². The molecule has 0 aromatic heterocycles. The van der Waals surface area contributed by atoms with Crippen LogP contribution in [0.5, 0.6) is 0 Å². The molecule has 4 nitrogen and oxygen atoms in total. The van der Waals surface area contributed by atoms with Crippen molar-refractivity contribution in [2.24, 2.45) is 0 Å². The number of aryl methyl sites for hydroxylation is 1. The third-order valence-corrected chi connectivity index (χ3v) is 3.78. The smallest absolute Gasteiger partial charge is 0.339 e. The molecule has 0 saturated heterocycles. The summed E-state index contributed by atoms with van der Waals surface area (Å²) in [5.41, 5.74) is 2.73. The van der Waals surface area contributed by atoms with E-state index in [0.717, 1.165) is 49.7 Å². The fourth-order valence-electron chi connectivity index (χ4n) is 2.55. The lowest BCUT2D eigenvalue weighted by Crippen LogP contribution is -2.16. The van der Waals surface area contributed by atoms with Gasteiger partial charge >= 0.3 is 11.9 Å². The normalized spacial score (nSPS) is 10.4. The molecular formula is C18H26O4. The number of ether oxygens (including phenoxy) is 2. The van der Waals surface area contributed by atoms with E-state index in [0.29, 0.717) is 11.1 Å². The molecule has 0 radical (unpaired) electrons. The highest BCUT2D eigenvalue weighted by atomic mass is 16.5. The molecule has 0 aliphatic heterocycles. The molecule has 0 amide bonds. The van der Waals surface area contributed by atoms with Gasteiger partial charge in [0.05, 0.1) is 25.3 Å². The van der Waals surface area contributed by atoms with Crippen molar-refractivity contribution < 1.29 is 19.1 Å². The molecule has 0 heterocycles. The van der Waals surface area contributed by atoms with Gasteiger partial charge in [0.2, 0.25) is 0 Å². The largest absolute Gasteiger partial charge is 0.465 e. The molecule has 0 N–H and O–H groups in total. The van der Waals surface area contributed by atoms with Crippen LogP contribution in [-0.2, 0) is 22.3 Å². The third-order valence-electron chi connectivity index (χ3n) is 3.78. The average Bonchev–Trinajstić information content (AvgIpc) is 2.56. The number of carbonyl (C=O) groups excluding carboxylic acids is 2. The second-order valence-corrected chi connectivity index (χ2v) is 5.32. The van der Waals surface area contributed by atoms with Crippen molar-refractivity contribution in [2.75, 3.05) is 14.2 Å². The van der Waals surface area contributed by atoms with Crippen molar-refractivity contribution in [3.63, 3.8) is 0 Å². The number of rotatable bonds is 8. The number of unbranched alkanes of at least 4 members (excludes halogenated alkanes) is 2. The van der Waals surface area contributed by atoms with E-state index in [9.17, 15) is 9.59 Å². The first-order valence-electron chi connectivity index (χ1n) is 7.91. The molecule has 1 rings (SSSR count). The maximum Gasteiger partial charge on any atom is 0.339 e. The van der Waals surface area contributed by atoms with Gasteiger partial charge in [-0.2, -0.15) is 0 Å². The maximum absolute atomic E-state index is 12.2. The zero-order valence-corrected chi connectivity index (χ0v) is 14.0. The highest BCUT2D eigenvalue weighted by molar-refractivity contribution is 6.04. The summed E-state index contributed by atoms with van der Waals surface area (Å²) in [6, 6.07) is 3.62. The number of carbonyl (C=O) groups is 2. The number of hydrogen-bond acceptors (Lipinski definition) is 4. The summed E-state index contributed by atoms with van der Waals surface area (Å²) < 4.78 is 9.71. The van der Waals surface area contributed by atoms with Gasteiger partial charge in [-0.15, -0.1) is 0 Å². The van der Waals surface area contributed by atoms with Crippen molar-refractivity contribution in [1.29, 1.82) is 0 Å². The van der Waals surface area contributed by atoms with E-state index in [1.807, 2.05) is 6.07 Å². The van der Waals surface area contributed by atoms with Crippen LogP contribution in [0.25, 0.3) is 0 Å². The predicted molar refractivity (Wildman–Crippen MR) is 86.3 cm³/mol. The minimum absolute atomic E-state index is 0.292. The van der Waals surface area contributed by atoms with Crippen molar-refractivity contribution in [3.8, 4) is 0 Å². The van der Waals surface area contributed by atoms with E-state index in [2.05, 4.69) is 13.8 Å². The molecule has 4 heteroatoms. The minimum Gasteiger partial charge on any atom is -0.465 e. The van der Waals surface area contributed by atoms with Crippen LogP contribution in [0.1, 0.15) is 71.4 Å². The standard InChI is InChI=1S/C18H26O4/c1-5-7-9-13-11-12-15(17(19)21-3)16(18(20)22-4)14(13)10-8-6-2/h11-12H,5-10H2,1-4H3. The molecular weight excluding hydrogens is 280 g/mol. The summed E-state index contributed by atoms with van der Waals surface area (Å²) in [5, 5.41) is 0. The highest BCUT2D eigenvalue weighted by Crippen LogP contribution is 2.25. The van der Waals surface area contributed by atoms with Gasteiger partial charge in [-0.05, 0) is 42.9 Å². The molecule has 0 atom stereocenters. The van der Waals surface area contributed by atoms with Crippen LogP contribution in [0.15, 0.2) is 12.1 Å². The van der Waals surface area contributed by atoms with E-state index in [1.165, 1.54) is 14.2 Å². The molecule has 0 spiro atoms. The van der Waals surface area contributed by atoms with Gasteiger partial charge in [0.15, 0.2) is 0 Å². The summed E-state index contributed by atoms with van der Waals surface area (Å²) in [4.78, 5) is 24.2. The zero-order valence-electron chi connectivity index (χ0n) is 14.0. The van der Waals surface area contributed by atoms with E-state index < -0.39 is 11.9 Å².